The first-order valence-corrected chi connectivity index (χ1v) is 14.2. The van der Waals surface area contributed by atoms with Gasteiger partial charge in [0.2, 0.25) is 5.91 Å². The molecule has 8 nitrogen and oxygen atoms in total. The van der Waals surface area contributed by atoms with E-state index in [1.165, 1.54) is 0 Å². The molecule has 1 fully saturated rings. The maximum atomic E-state index is 13.8. The third kappa shape index (κ3) is 4.92. The quantitative estimate of drug-likeness (QED) is 0.374. The van der Waals surface area contributed by atoms with E-state index in [-0.39, 0.29) is 23.5 Å². The number of carbonyl (C=O) groups excluding carboxylic acids is 2. The van der Waals surface area contributed by atoms with Crippen molar-refractivity contribution in [2.24, 2.45) is 5.92 Å². The van der Waals surface area contributed by atoms with E-state index >= 15 is 0 Å². The summed E-state index contributed by atoms with van der Waals surface area (Å²) in [5.74, 6) is 0.247. The second-order valence-corrected chi connectivity index (χ2v) is 11.5. The van der Waals surface area contributed by atoms with Crippen molar-refractivity contribution in [1.82, 2.24) is 24.3 Å². The summed E-state index contributed by atoms with van der Waals surface area (Å²) >= 11 is 6.05. The fourth-order valence-corrected chi connectivity index (χ4v) is 6.28. The minimum atomic E-state index is -0.143. The highest BCUT2D eigenvalue weighted by Crippen LogP contribution is 2.29. The molecule has 40 heavy (non-hydrogen) atoms. The molecule has 2 aliphatic rings. The third-order valence-corrected chi connectivity index (χ3v) is 8.58. The topological polar surface area (TPSA) is 89.2 Å². The normalized spacial score (nSPS) is 18.6. The molecule has 206 valence electrons. The molecule has 0 bridgehead atoms. The molecule has 6 rings (SSSR count). The largest absolute Gasteiger partial charge is 0.349 e. The van der Waals surface area contributed by atoms with Crippen molar-refractivity contribution in [1.29, 1.82) is 0 Å². The molecular formula is C31H32ClN5O3. The van der Waals surface area contributed by atoms with E-state index in [0.717, 1.165) is 53.5 Å². The zero-order valence-electron chi connectivity index (χ0n) is 22.7. The second-order valence-electron chi connectivity index (χ2n) is 11.0. The summed E-state index contributed by atoms with van der Waals surface area (Å²) < 4.78 is 3.69. The van der Waals surface area contributed by atoms with Crippen molar-refractivity contribution < 1.29 is 9.59 Å². The van der Waals surface area contributed by atoms with Gasteiger partial charge in [-0.05, 0) is 80.0 Å². The Balaban J connectivity index is 1.19. The van der Waals surface area contributed by atoms with Crippen molar-refractivity contribution in [3.63, 3.8) is 0 Å². The molecule has 2 amide bonds. The average molecular weight is 558 g/mol. The number of para-hydroxylation sites is 2. The summed E-state index contributed by atoms with van der Waals surface area (Å²) in [5, 5.41) is 3.60. The number of hydrogen-bond donors (Lipinski definition) is 1. The van der Waals surface area contributed by atoms with Crippen molar-refractivity contribution in [3.05, 3.63) is 92.6 Å². The monoisotopic (exact) mass is 557 g/mol. The number of aromatic nitrogens is 3. The Morgan fingerprint density at radius 2 is 1.73 bits per heavy atom. The van der Waals surface area contributed by atoms with Gasteiger partial charge in [-0.2, -0.15) is 0 Å². The molecule has 2 aromatic heterocycles. The van der Waals surface area contributed by atoms with Crippen LogP contribution in [0.3, 0.4) is 0 Å². The van der Waals surface area contributed by atoms with Crippen LogP contribution in [0.4, 0.5) is 0 Å². The van der Waals surface area contributed by atoms with Gasteiger partial charge in [0.05, 0.1) is 33.0 Å². The number of fused-ring (bicyclic) bond motifs is 2. The molecule has 0 radical (unpaired) electrons. The second kappa shape index (κ2) is 10.6. The minimum Gasteiger partial charge on any atom is -0.349 e. The summed E-state index contributed by atoms with van der Waals surface area (Å²) in [6.07, 6.45) is 5.10. The van der Waals surface area contributed by atoms with Crippen LogP contribution in [0, 0.1) is 12.8 Å². The highest BCUT2D eigenvalue weighted by Gasteiger charge is 2.26. The van der Waals surface area contributed by atoms with Crippen LogP contribution in [0.15, 0.2) is 59.5 Å². The van der Waals surface area contributed by atoms with Gasteiger partial charge in [-0.15, -0.1) is 0 Å². The number of benzene rings is 2. The summed E-state index contributed by atoms with van der Waals surface area (Å²) in [4.78, 5) is 44.6. The van der Waals surface area contributed by atoms with Gasteiger partial charge in [0.1, 0.15) is 0 Å². The lowest BCUT2D eigenvalue weighted by Gasteiger charge is -2.29. The summed E-state index contributed by atoms with van der Waals surface area (Å²) in [5.41, 5.74) is 5.93. The number of halogens is 1. The van der Waals surface area contributed by atoms with Crippen molar-refractivity contribution in [2.75, 3.05) is 0 Å². The van der Waals surface area contributed by atoms with Crippen LogP contribution < -0.4 is 11.0 Å². The zero-order valence-corrected chi connectivity index (χ0v) is 23.4. The fourth-order valence-electron chi connectivity index (χ4n) is 6.13. The van der Waals surface area contributed by atoms with Crippen LogP contribution in [-0.2, 0) is 24.4 Å². The molecule has 0 spiro atoms. The number of imidazole rings is 1. The first kappa shape index (κ1) is 26.3. The Morgan fingerprint density at radius 3 is 2.48 bits per heavy atom. The van der Waals surface area contributed by atoms with E-state index in [4.69, 9.17) is 11.6 Å². The molecule has 1 aliphatic heterocycles. The number of aryl methyl sites for hydroxylation is 1. The Hall–Kier alpha value is -3.91. The first-order chi connectivity index (χ1) is 19.3. The van der Waals surface area contributed by atoms with E-state index in [2.05, 4.69) is 10.3 Å². The van der Waals surface area contributed by atoms with Gasteiger partial charge in [0.15, 0.2) is 0 Å². The number of carbonyl (C=O) groups is 2. The third-order valence-electron chi connectivity index (χ3n) is 8.37. The van der Waals surface area contributed by atoms with Gasteiger partial charge in [0.25, 0.3) is 5.91 Å². The molecular weight excluding hydrogens is 526 g/mol. The van der Waals surface area contributed by atoms with E-state index < -0.39 is 0 Å². The number of nitrogens with one attached hydrogen (secondary N) is 1. The Labute approximate surface area is 237 Å². The lowest BCUT2D eigenvalue weighted by atomic mass is 9.85. The Bertz CT molecular complexity index is 1680. The summed E-state index contributed by atoms with van der Waals surface area (Å²) in [6, 6.07) is 15.7. The van der Waals surface area contributed by atoms with Gasteiger partial charge in [-0.25, -0.2) is 4.79 Å². The van der Waals surface area contributed by atoms with E-state index in [9.17, 15) is 14.4 Å². The van der Waals surface area contributed by atoms with Gasteiger partial charge >= 0.3 is 5.69 Å². The van der Waals surface area contributed by atoms with Crippen LogP contribution in [0.25, 0.3) is 16.7 Å². The predicted molar refractivity (Wildman–Crippen MR) is 155 cm³/mol. The summed E-state index contributed by atoms with van der Waals surface area (Å²) in [7, 11) is 0. The number of hydrogen-bond acceptors (Lipinski definition) is 4. The van der Waals surface area contributed by atoms with Gasteiger partial charge in [-0.3, -0.25) is 23.7 Å². The molecule has 1 N–H and O–H groups in total. The number of nitrogens with zero attached hydrogens (tertiary/aromatic N) is 4. The SMILES string of the molecule is CC(=O)N1Cc2ccc(-n3c(=O)n(CC4CCC(NC(=O)c5cc(Cl)cnc5C)CC4)c4ccccc43)cc2C1. The molecule has 2 aromatic carbocycles. The van der Waals surface area contributed by atoms with Crippen molar-refractivity contribution >= 4 is 34.4 Å². The van der Waals surface area contributed by atoms with Gasteiger partial charge in [-0.1, -0.05) is 29.8 Å². The molecule has 1 aliphatic carbocycles. The maximum absolute atomic E-state index is 13.8. The molecule has 4 aromatic rings. The highest BCUT2D eigenvalue weighted by atomic mass is 35.5. The van der Waals surface area contributed by atoms with E-state index in [1.807, 2.05) is 51.9 Å². The van der Waals surface area contributed by atoms with Crippen molar-refractivity contribution in [3.8, 4) is 5.69 Å². The number of pyridine rings is 1. The fraction of sp³-hybridized carbons (Fsp3) is 0.355. The maximum Gasteiger partial charge on any atom is 0.333 e. The molecule has 0 atom stereocenters. The average Bonchev–Trinajstić information content (AvgIpc) is 3.49. The van der Waals surface area contributed by atoms with Crippen LogP contribution in [-0.4, -0.2) is 36.9 Å². The summed E-state index contributed by atoms with van der Waals surface area (Å²) in [6.45, 7) is 5.21. The van der Waals surface area contributed by atoms with Crippen LogP contribution in [0.2, 0.25) is 5.02 Å². The molecule has 9 heteroatoms. The van der Waals surface area contributed by atoms with Gasteiger partial charge < -0.3 is 10.2 Å². The van der Waals surface area contributed by atoms with E-state index in [1.54, 1.807) is 30.7 Å². The standard InChI is InChI=1S/C31H32ClN5O3/c1-19-27(14-24(32)15-33-19)30(39)34-25-10-7-21(8-11-25)16-36-28-5-3-4-6-29(28)37(31(36)40)26-12-9-22-17-35(20(2)38)18-23(22)13-26/h3-6,9,12-15,21,25H,7-8,10-11,16-18H2,1-2H3,(H,34,39). The van der Waals surface area contributed by atoms with Gasteiger partial charge in [0, 0.05) is 38.8 Å². The minimum absolute atomic E-state index is 0.0531. The lowest BCUT2D eigenvalue weighted by molar-refractivity contribution is -0.129. The molecule has 1 saturated carbocycles. The van der Waals surface area contributed by atoms with Crippen LogP contribution >= 0.6 is 11.6 Å². The zero-order chi connectivity index (χ0) is 28.0. The molecule has 0 unspecified atom stereocenters. The smallest absolute Gasteiger partial charge is 0.333 e. The molecule has 0 saturated heterocycles. The molecule has 3 heterocycles. The van der Waals surface area contributed by atoms with E-state index in [0.29, 0.717) is 41.8 Å². The Kier molecular flexibility index (Phi) is 6.96. The highest BCUT2D eigenvalue weighted by molar-refractivity contribution is 6.30. The first-order valence-electron chi connectivity index (χ1n) is 13.8. The van der Waals surface area contributed by atoms with Crippen LogP contribution in [0.1, 0.15) is 59.8 Å². The predicted octanol–water partition coefficient (Wildman–Crippen LogP) is 5.00. The number of amides is 2. The van der Waals surface area contributed by atoms with Crippen molar-refractivity contribution in [2.45, 2.75) is 65.2 Å². The Morgan fingerprint density at radius 1 is 1.00 bits per heavy atom. The van der Waals surface area contributed by atoms with Crippen LogP contribution in [0.5, 0.6) is 0 Å². The lowest BCUT2D eigenvalue weighted by Crippen LogP contribution is -2.39. The number of rotatable bonds is 5.